The highest BCUT2D eigenvalue weighted by molar-refractivity contribution is 7.99. The maximum Gasteiger partial charge on any atom is 0.226 e. The Bertz CT molecular complexity index is 354. The van der Waals surface area contributed by atoms with Gasteiger partial charge in [-0.1, -0.05) is 12.1 Å². The van der Waals surface area contributed by atoms with Crippen molar-refractivity contribution >= 4 is 23.5 Å². The van der Waals surface area contributed by atoms with E-state index in [2.05, 4.69) is 10.5 Å². The van der Waals surface area contributed by atoms with Gasteiger partial charge in [0.25, 0.3) is 0 Å². The Labute approximate surface area is 105 Å². The summed E-state index contributed by atoms with van der Waals surface area (Å²) >= 11 is 1.67. The third kappa shape index (κ3) is 5.74. The highest BCUT2D eigenvalue weighted by Gasteiger charge is 2.06. The number of aliphatic hydroxyl groups excluding tert-OH is 1. The van der Waals surface area contributed by atoms with E-state index >= 15 is 0 Å². The number of carbonyl (C=O) groups is 1. The summed E-state index contributed by atoms with van der Waals surface area (Å²) in [5, 5.41) is 15.2. The van der Waals surface area contributed by atoms with E-state index in [1.807, 2.05) is 6.92 Å². The molecule has 1 aromatic heterocycles. The van der Waals surface area contributed by atoms with Crippen molar-refractivity contribution in [2.75, 3.05) is 23.4 Å². The number of anilines is 1. The first-order valence-corrected chi connectivity index (χ1v) is 6.69. The Kier molecular flexibility index (Phi) is 6.07. The Hall–Kier alpha value is -1.01. The van der Waals surface area contributed by atoms with Crippen molar-refractivity contribution in [3.8, 4) is 0 Å². The maximum absolute atomic E-state index is 11.5. The van der Waals surface area contributed by atoms with Crippen molar-refractivity contribution in [2.45, 2.75) is 20.3 Å². The molecule has 2 N–H and O–H groups in total. The Balaban J connectivity index is 2.13. The number of aryl methyl sites for hydroxylation is 1. The molecule has 1 unspecified atom stereocenters. The summed E-state index contributed by atoms with van der Waals surface area (Å²) in [5.41, 5.74) is 0. The monoisotopic (exact) mass is 258 g/mol. The van der Waals surface area contributed by atoms with Crippen LogP contribution in [0.15, 0.2) is 10.6 Å². The molecule has 0 saturated carbocycles. The fourth-order valence-corrected chi connectivity index (χ4v) is 2.14. The standard InChI is InChI=1S/C11H18N2O3S/c1-8(6-14)7-17-4-3-11(15)12-10-5-9(2)16-13-10/h5,8,14H,3-4,6-7H2,1-2H3,(H,12,13,15). The van der Waals surface area contributed by atoms with E-state index in [0.717, 1.165) is 11.5 Å². The van der Waals surface area contributed by atoms with E-state index in [9.17, 15) is 4.79 Å². The van der Waals surface area contributed by atoms with Crippen LogP contribution in [0.25, 0.3) is 0 Å². The molecule has 5 nitrogen and oxygen atoms in total. The van der Waals surface area contributed by atoms with Crippen LogP contribution in [0.3, 0.4) is 0 Å². The van der Waals surface area contributed by atoms with Crippen LogP contribution in [0.2, 0.25) is 0 Å². The van der Waals surface area contributed by atoms with Crippen LogP contribution in [0, 0.1) is 12.8 Å². The van der Waals surface area contributed by atoms with Crippen LogP contribution in [0.5, 0.6) is 0 Å². The highest BCUT2D eigenvalue weighted by Crippen LogP contribution is 2.11. The van der Waals surface area contributed by atoms with Gasteiger partial charge in [-0.25, -0.2) is 0 Å². The Morgan fingerprint density at radius 3 is 3.06 bits per heavy atom. The number of nitrogens with zero attached hydrogens (tertiary/aromatic N) is 1. The topological polar surface area (TPSA) is 75.4 Å². The quantitative estimate of drug-likeness (QED) is 0.728. The largest absolute Gasteiger partial charge is 0.396 e. The molecule has 0 aliphatic heterocycles. The van der Waals surface area contributed by atoms with Gasteiger partial charge in [0.05, 0.1) is 0 Å². The zero-order valence-corrected chi connectivity index (χ0v) is 10.9. The highest BCUT2D eigenvalue weighted by atomic mass is 32.2. The molecule has 1 heterocycles. The van der Waals surface area contributed by atoms with Crippen LogP contribution >= 0.6 is 11.8 Å². The fraction of sp³-hybridized carbons (Fsp3) is 0.636. The normalized spacial score (nSPS) is 12.4. The van der Waals surface area contributed by atoms with Gasteiger partial charge in [0, 0.05) is 24.8 Å². The van der Waals surface area contributed by atoms with Crippen LogP contribution in [0.4, 0.5) is 5.82 Å². The molecule has 0 fully saturated rings. The summed E-state index contributed by atoms with van der Waals surface area (Å²) in [6.45, 7) is 3.94. The minimum absolute atomic E-state index is 0.0672. The number of rotatable bonds is 7. The molecule has 0 aliphatic rings. The number of carbonyl (C=O) groups excluding carboxylic acids is 1. The van der Waals surface area contributed by atoms with Crippen molar-refractivity contribution in [1.29, 1.82) is 0 Å². The summed E-state index contributed by atoms with van der Waals surface area (Å²) in [6, 6.07) is 1.68. The number of hydrogen-bond acceptors (Lipinski definition) is 5. The Morgan fingerprint density at radius 2 is 2.47 bits per heavy atom. The minimum Gasteiger partial charge on any atom is -0.396 e. The van der Waals surface area contributed by atoms with Gasteiger partial charge in [-0.05, 0) is 18.6 Å². The van der Waals surface area contributed by atoms with Crippen LogP contribution < -0.4 is 5.32 Å². The number of hydrogen-bond donors (Lipinski definition) is 2. The first kappa shape index (κ1) is 14.1. The van der Waals surface area contributed by atoms with E-state index in [1.54, 1.807) is 24.8 Å². The van der Waals surface area contributed by atoms with Gasteiger partial charge in [0.1, 0.15) is 5.76 Å². The molecule has 96 valence electrons. The second-order valence-corrected chi connectivity index (χ2v) is 5.13. The van der Waals surface area contributed by atoms with E-state index in [1.165, 1.54) is 0 Å². The van der Waals surface area contributed by atoms with E-state index in [0.29, 0.717) is 18.0 Å². The zero-order chi connectivity index (χ0) is 12.7. The number of aliphatic hydroxyl groups is 1. The third-order valence-corrected chi connectivity index (χ3v) is 3.38. The van der Waals surface area contributed by atoms with E-state index in [4.69, 9.17) is 9.63 Å². The molecule has 0 spiro atoms. The number of amides is 1. The third-order valence-electron chi connectivity index (χ3n) is 2.08. The van der Waals surface area contributed by atoms with Gasteiger partial charge in [0.2, 0.25) is 5.91 Å². The molecule has 0 saturated heterocycles. The smallest absolute Gasteiger partial charge is 0.226 e. The molecule has 6 heteroatoms. The summed E-state index contributed by atoms with van der Waals surface area (Å²) in [7, 11) is 0. The van der Waals surface area contributed by atoms with Gasteiger partial charge in [0.15, 0.2) is 5.82 Å². The summed E-state index contributed by atoms with van der Waals surface area (Å²) < 4.78 is 4.84. The number of thioether (sulfide) groups is 1. The van der Waals surface area contributed by atoms with Crippen molar-refractivity contribution in [2.24, 2.45) is 5.92 Å². The van der Waals surface area contributed by atoms with E-state index in [-0.39, 0.29) is 18.4 Å². The summed E-state index contributed by atoms with van der Waals surface area (Å²) in [6.07, 6.45) is 0.439. The molecule has 0 radical (unpaired) electrons. The second kappa shape index (κ2) is 7.34. The lowest BCUT2D eigenvalue weighted by molar-refractivity contribution is -0.115. The molecular weight excluding hydrogens is 240 g/mol. The second-order valence-electron chi connectivity index (χ2n) is 3.98. The Morgan fingerprint density at radius 1 is 1.71 bits per heavy atom. The maximum atomic E-state index is 11.5. The number of nitrogens with one attached hydrogen (secondary N) is 1. The van der Waals surface area contributed by atoms with Crippen LogP contribution in [-0.2, 0) is 4.79 Å². The lowest BCUT2D eigenvalue weighted by Crippen LogP contribution is -2.13. The first-order chi connectivity index (χ1) is 8.11. The van der Waals surface area contributed by atoms with Crippen molar-refractivity contribution in [3.05, 3.63) is 11.8 Å². The molecule has 1 aromatic rings. The molecule has 0 aliphatic carbocycles. The predicted molar refractivity (Wildman–Crippen MR) is 68.1 cm³/mol. The van der Waals surface area contributed by atoms with Crippen LogP contribution in [0.1, 0.15) is 19.1 Å². The molecule has 17 heavy (non-hydrogen) atoms. The van der Waals surface area contributed by atoms with Crippen molar-refractivity contribution in [3.63, 3.8) is 0 Å². The lowest BCUT2D eigenvalue weighted by atomic mass is 10.2. The van der Waals surface area contributed by atoms with Gasteiger partial charge in [-0.15, -0.1) is 0 Å². The molecule has 0 bridgehead atoms. The summed E-state index contributed by atoms with van der Waals surface area (Å²) in [4.78, 5) is 11.5. The molecule has 1 rings (SSSR count). The molecule has 1 amide bonds. The summed E-state index contributed by atoms with van der Waals surface area (Å²) in [5.74, 6) is 2.95. The van der Waals surface area contributed by atoms with Crippen molar-refractivity contribution < 1.29 is 14.4 Å². The van der Waals surface area contributed by atoms with Gasteiger partial charge in [-0.3, -0.25) is 4.79 Å². The fourth-order valence-electron chi connectivity index (χ4n) is 1.13. The molecule has 0 aromatic carbocycles. The molecule has 1 atom stereocenters. The zero-order valence-electron chi connectivity index (χ0n) is 10.1. The lowest BCUT2D eigenvalue weighted by Gasteiger charge is -2.06. The van der Waals surface area contributed by atoms with Crippen LogP contribution in [-0.4, -0.2) is 34.3 Å². The minimum atomic E-state index is -0.0672. The first-order valence-electron chi connectivity index (χ1n) is 5.53. The van der Waals surface area contributed by atoms with Gasteiger partial charge >= 0.3 is 0 Å². The predicted octanol–water partition coefficient (Wildman–Crippen LogP) is 1.67. The SMILES string of the molecule is Cc1cc(NC(=O)CCSCC(C)CO)no1. The van der Waals surface area contributed by atoms with E-state index < -0.39 is 0 Å². The van der Waals surface area contributed by atoms with Gasteiger partial charge in [-0.2, -0.15) is 11.8 Å². The van der Waals surface area contributed by atoms with Crippen molar-refractivity contribution in [1.82, 2.24) is 5.16 Å². The average molecular weight is 258 g/mol. The average Bonchev–Trinajstić information content (AvgIpc) is 2.69. The number of aromatic nitrogens is 1. The van der Waals surface area contributed by atoms with Gasteiger partial charge < -0.3 is 14.9 Å². The molecular formula is C11H18N2O3S.